The molecule has 0 saturated carbocycles. The summed E-state index contributed by atoms with van der Waals surface area (Å²) in [6, 6.07) is 15.6. The van der Waals surface area contributed by atoms with Crippen molar-refractivity contribution in [2.75, 3.05) is 26.2 Å². The molecule has 148 valence electrons. The van der Waals surface area contributed by atoms with Gasteiger partial charge in [-0.15, -0.1) is 0 Å². The van der Waals surface area contributed by atoms with Crippen LogP contribution in [-0.4, -0.2) is 54.4 Å². The quantitative estimate of drug-likeness (QED) is 0.828. The predicted octanol–water partition coefficient (Wildman–Crippen LogP) is 2.72. The summed E-state index contributed by atoms with van der Waals surface area (Å²) in [5.41, 5.74) is 1.38. The second-order valence-corrected chi connectivity index (χ2v) is 6.63. The van der Waals surface area contributed by atoms with Crippen molar-refractivity contribution in [2.24, 2.45) is 0 Å². The molecule has 2 atom stereocenters. The predicted molar refractivity (Wildman–Crippen MR) is 103 cm³/mol. The van der Waals surface area contributed by atoms with Gasteiger partial charge in [0.15, 0.2) is 0 Å². The van der Waals surface area contributed by atoms with Gasteiger partial charge in [0.1, 0.15) is 11.9 Å². The van der Waals surface area contributed by atoms with Crippen molar-refractivity contribution < 1.29 is 24.2 Å². The summed E-state index contributed by atoms with van der Waals surface area (Å²) < 4.78 is 11.2. The van der Waals surface area contributed by atoms with Gasteiger partial charge in [-0.25, -0.2) is 4.79 Å². The van der Waals surface area contributed by atoms with Gasteiger partial charge in [-0.1, -0.05) is 30.3 Å². The van der Waals surface area contributed by atoms with Crippen molar-refractivity contribution in [3.63, 3.8) is 0 Å². The SMILES string of the molecule is C[C@@H](OC(=O)N1CCOC(CNC(=O)c2ccc(O)cc2)C1)c1ccccc1. The molecule has 2 aromatic rings. The highest BCUT2D eigenvalue weighted by atomic mass is 16.6. The number of phenols is 1. The van der Waals surface area contributed by atoms with Crippen molar-refractivity contribution in [1.29, 1.82) is 0 Å². The fourth-order valence-electron chi connectivity index (χ4n) is 2.95. The van der Waals surface area contributed by atoms with E-state index in [0.29, 0.717) is 25.3 Å². The van der Waals surface area contributed by atoms with Gasteiger partial charge in [-0.3, -0.25) is 4.79 Å². The molecule has 0 aliphatic carbocycles. The Morgan fingerprint density at radius 2 is 1.93 bits per heavy atom. The van der Waals surface area contributed by atoms with Crippen molar-refractivity contribution >= 4 is 12.0 Å². The van der Waals surface area contributed by atoms with Crippen LogP contribution in [0.15, 0.2) is 54.6 Å². The maximum atomic E-state index is 12.5. The van der Waals surface area contributed by atoms with E-state index in [4.69, 9.17) is 9.47 Å². The Morgan fingerprint density at radius 1 is 1.21 bits per heavy atom. The van der Waals surface area contributed by atoms with Gasteiger partial charge >= 0.3 is 6.09 Å². The van der Waals surface area contributed by atoms with Gasteiger partial charge in [-0.2, -0.15) is 0 Å². The first-order valence-electron chi connectivity index (χ1n) is 9.22. The van der Waals surface area contributed by atoms with Gasteiger partial charge in [0.05, 0.1) is 19.3 Å². The Kier molecular flexibility index (Phi) is 6.49. The van der Waals surface area contributed by atoms with Crippen LogP contribution < -0.4 is 5.32 Å². The third-order valence-electron chi connectivity index (χ3n) is 4.56. The van der Waals surface area contributed by atoms with Crippen LogP contribution >= 0.6 is 0 Å². The second kappa shape index (κ2) is 9.23. The molecule has 2 N–H and O–H groups in total. The van der Waals surface area contributed by atoms with Gasteiger partial charge in [0, 0.05) is 18.7 Å². The number of morpholine rings is 1. The zero-order valence-electron chi connectivity index (χ0n) is 15.7. The van der Waals surface area contributed by atoms with Crippen molar-refractivity contribution in [1.82, 2.24) is 10.2 Å². The molecule has 7 heteroatoms. The molecule has 1 aliphatic rings. The van der Waals surface area contributed by atoms with Gasteiger partial charge < -0.3 is 24.8 Å². The fraction of sp³-hybridized carbons (Fsp3) is 0.333. The number of benzene rings is 2. The molecule has 1 aliphatic heterocycles. The first-order chi connectivity index (χ1) is 13.5. The van der Waals surface area contributed by atoms with E-state index in [-0.39, 0.29) is 30.4 Å². The molecular formula is C21H24N2O5. The Hall–Kier alpha value is -3.06. The minimum Gasteiger partial charge on any atom is -0.508 e. The van der Waals surface area contributed by atoms with Crippen LogP contribution in [0.2, 0.25) is 0 Å². The van der Waals surface area contributed by atoms with Crippen LogP contribution in [-0.2, 0) is 9.47 Å². The molecule has 2 aromatic carbocycles. The molecule has 1 saturated heterocycles. The normalized spacial score (nSPS) is 17.6. The molecule has 0 bridgehead atoms. The summed E-state index contributed by atoms with van der Waals surface area (Å²) in [4.78, 5) is 26.2. The molecule has 0 radical (unpaired) electrons. The number of aromatic hydroxyl groups is 1. The van der Waals surface area contributed by atoms with Gasteiger partial charge in [0.25, 0.3) is 5.91 Å². The van der Waals surface area contributed by atoms with Crippen LogP contribution in [0.1, 0.15) is 28.9 Å². The number of phenolic OH excluding ortho intramolecular Hbond substituents is 1. The molecule has 2 amide bonds. The molecule has 1 heterocycles. The highest BCUT2D eigenvalue weighted by Crippen LogP contribution is 2.18. The summed E-state index contributed by atoms with van der Waals surface area (Å²) in [5.74, 6) is -0.160. The number of ether oxygens (including phenoxy) is 2. The lowest BCUT2D eigenvalue weighted by atomic mass is 10.1. The number of rotatable bonds is 5. The molecule has 1 fully saturated rings. The minimum absolute atomic E-state index is 0.103. The van der Waals surface area contributed by atoms with Crippen LogP contribution in [0.3, 0.4) is 0 Å². The highest BCUT2D eigenvalue weighted by Gasteiger charge is 2.27. The summed E-state index contributed by atoms with van der Waals surface area (Å²) >= 11 is 0. The van der Waals surface area contributed by atoms with E-state index >= 15 is 0 Å². The molecule has 0 aromatic heterocycles. The van der Waals surface area contributed by atoms with Crippen LogP contribution in [0, 0.1) is 0 Å². The monoisotopic (exact) mass is 384 g/mol. The third-order valence-corrected chi connectivity index (χ3v) is 4.56. The lowest BCUT2D eigenvalue weighted by Gasteiger charge is -2.33. The Morgan fingerprint density at radius 3 is 2.64 bits per heavy atom. The molecule has 7 nitrogen and oxygen atoms in total. The van der Waals surface area contributed by atoms with E-state index in [2.05, 4.69) is 5.32 Å². The molecule has 3 rings (SSSR count). The molecular weight excluding hydrogens is 360 g/mol. The number of hydrogen-bond acceptors (Lipinski definition) is 5. The standard InChI is InChI=1S/C21H24N2O5/c1-15(16-5-3-2-4-6-16)28-21(26)23-11-12-27-19(14-23)13-22-20(25)17-7-9-18(24)10-8-17/h2-10,15,19,24H,11-14H2,1H3,(H,22,25)/t15-,19?/m1/s1. The molecule has 28 heavy (non-hydrogen) atoms. The smallest absolute Gasteiger partial charge is 0.410 e. The maximum absolute atomic E-state index is 12.5. The van der Waals surface area contributed by atoms with E-state index in [1.165, 1.54) is 12.1 Å². The van der Waals surface area contributed by atoms with Crippen molar-refractivity contribution in [3.05, 3.63) is 65.7 Å². The maximum Gasteiger partial charge on any atom is 0.410 e. The van der Waals surface area contributed by atoms with E-state index in [0.717, 1.165) is 5.56 Å². The molecule has 1 unspecified atom stereocenters. The lowest BCUT2D eigenvalue weighted by Crippen LogP contribution is -2.49. The van der Waals surface area contributed by atoms with E-state index < -0.39 is 6.09 Å². The van der Waals surface area contributed by atoms with Crippen LogP contribution in [0.5, 0.6) is 5.75 Å². The Labute approximate surface area is 163 Å². The minimum atomic E-state index is -0.394. The van der Waals surface area contributed by atoms with Crippen LogP contribution in [0.4, 0.5) is 4.79 Å². The number of nitrogens with one attached hydrogen (secondary N) is 1. The number of amides is 2. The average Bonchev–Trinajstić information content (AvgIpc) is 2.73. The first-order valence-corrected chi connectivity index (χ1v) is 9.22. The van der Waals surface area contributed by atoms with Crippen molar-refractivity contribution in [3.8, 4) is 5.75 Å². The fourth-order valence-corrected chi connectivity index (χ4v) is 2.95. The van der Waals surface area contributed by atoms with E-state index in [9.17, 15) is 14.7 Å². The second-order valence-electron chi connectivity index (χ2n) is 6.63. The van der Waals surface area contributed by atoms with Gasteiger partial charge in [-0.05, 0) is 36.8 Å². The van der Waals surface area contributed by atoms with E-state index in [1.807, 2.05) is 37.3 Å². The highest BCUT2D eigenvalue weighted by molar-refractivity contribution is 5.94. The van der Waals surface area contributed by atoms with E-state index in [1.54, 1.807) is 17.0 Å². The summed E-state index contributed by atoms with van der Waals surface area (Å²) in [5, 5.41) is 12.1. The largest absolute Gasteiger partial charge is 0.508 e. The zero-order chi connectivity index (χ0) is 19.9. The average molecular weight is 384 g/mol. The van der Waals surface area contributed by atoms with Crippen molar-refractivity contribution in [2.45, 2.75) is 19.1 Å². The zero-order valence-corrected chi connectivity index (χ0v) is 15.7. The first kappa shape index (κ1) is 19.7. The number of hydrogen-bond donors (Lipinski definition) is 2. The summed E-state index contributed by atoms with van der Waals surface area (Å²) in [6.45, 7) is 3.29. The topological polar surface area (TPSA) is 88.1 Å². The van der Waals surface area contributed by atoms with Gasteiger partial charge in [0.2, 0.25) is 0 Å². The summed E-state index contributed by atoms with van der Waals surface area (Å²) in [6.07, 6.45) is -1.05. The lowest BCUT2D eigenvalue weighted by molar-refractivity contribution is -0.0306. The summed E-state index contributed by atoms with van der Waals surface area (Å²) in [7, 11) is 0. The van der Waals surface area contributed by atoms with Crippen LogP contribution in [0.25, 0.3) is 0 Å². The molecule has 0 spiro atoms. The Balaban J connectivity index is 1.48. The third kappa shape index (κ3) is 5.23. The number of nitrogens with zero attached hydrogens (tertiary/aromatic N) is 1. The number of carbonyl (C=O) groups is 2. The number of carbonyl (C=O) groups excluding carboxylic acids is 2. The Bertz CT molecular complexity index is 794.